The summed E-state index contributed by atoms with van der Waals surface area (Å²) in [5, 5.41) is 4.47. The zero-order chi connectivity index (χ0) is 20.9. The van der Waals surface area contributed by atoms with Crippen molar-refractivity contribution < 1.29 is 4.79 Å². The van der Waals surface area contributed by atoms with Crippen LogP contribution in [0.25, 0.3) is 11.4 Å². The van der Waals surface area contributed by atoms with Crippen molar-refractivity contribution in [2.45, 2.75) is 19.5 Å². The topological polar surface area (TPSA) is 51.0 Å². The summed E-state index contributed by atoms with van der Waals surface area (Å²) >= 11 is 0. The summed E-state index contributed by atoms with van der Waals surface area (Å²) in [4.78, 5) is 19.7. The number of hydrogen-bond donors (Lipinski definition) is 0. The van der Waals surface area contributed by atoms with Crippen LogP contribution >= 0.6 is 0 Å². The summed E-state index contributed by atoms with van der Waals surface area (Å²) in [6.45, 7) is 1.96. The van der Waals surface area contributed by atoms with Crippen molar-refractivity contribution in [1.82, 2.24) is 19.7 Å². The van der Waals surface area contributed by atoms with Crippen LogP contribution in [-0.2, 0) is 11.3 Å². The van der Waals surface area contributed by atoms with Crippen LogP contribution in [0.3, 0.4) is 0 Å². The molecule has 0 atom stereocenters. The molecule has 3 aromatic carbocycles. The average molecular weight is 396 g/mol. The van der Waals surface area contributed by atoms with Gasteiger partial charge in [0.15, 0.2) is 5.82 Å². The van der Waals surface area contributed by atoms with Gasteiger partial charge in [0, 0.05) is 12.6 Å². The van der Waals surface area contributed by atoms with E-state index in [0.29, 0.717) is 11.6 Å². The number of aromatic nitrogens is 3. The predicted molar refractivity (Wildman–Crippen MR) is 118 cm³/mol. The molecule has 1 heterocycles. The molecule has 0 unspecified atom stereocenters. The fourth-order valence-electron chi connectivity index (χ4n) is 3.66. The molecule has 0 spiro atoms. The first-order valence-electron chi connectivity index (χ1n) is 9.96. The SMILES string of the molecule is Cc1nc(-c2ccccc2)n(CC(=O)N(C)C(c2ccccc2)c2ccccc2)n1. The van der Waals surface area contributed by atoms with Crippen LogP contribution in [0.15, 0.2) is 91.0 Å². The molecule has 0 saturated heterocycles. The molecule has 0 N–H and O–H groups in total. The number of hydrogen-bond acceptors (Lipinski definition) is 3. The summed E-state index contributed by atoms with van der Waals surface area (Å²) in [5.41, 5.74) is 3.08. The molecule has 1 amide bonds. The molecule has 0 radical (unpaired) electrons. The Morgan fingerprint density at radius 1 is 0.867 bits per heavy atom. The molecule has 5 nitrogen and oxygen atoms in total. The lowest BCUT2D eigenvalue weighted by molar-refractivity contribution is -0.132. The summed E-state index contributed by atoms with van der Waals surface area (Å²) in [6, 6.07) is 29.8. The number of carbonyl (C=O) groups is 1. The highest BCUT2D eigenvalue weighted by Crippen LogP contribution is 2.28. The minimum atomic E-state index is -0.176. The van der Waals surface area contributed by atoms with Gasteiger partial charge < -0.3 is 4.90 Å². The first-order valence-corrected chi connectivity index (χ1v) is 9.96. The molecular formula is C25H24N4O. The summed E-state index contributed by atoms with van der Waals surface area (Å²) in [5.74, 6) is 1.31. The van der Waals surface area contributed by atoms with E-state index in [1.165, 1.54) is 0 Å². The normalized spacial score (nSPS) is 10.9. The van der Waals surface area contributed by atoms with E-state index in [1.54, 1.807) is 9.58 Å². The standard InChI is InChI=1S/C25H24N4O/c1-19-26-25(22-16-10-5-11-17-22)29(27-19)18-23(30)28(2)24(20-12-6-3-7-13-20)21-14-8-4-9-15-21/h3-17,24H,18H2,1-2H3. The van der Waals surface area contributed by atoms with Gasteiger partial charge in [-0.25, -0.2) is 9.67 Å². The second-order valence-electron chi connectivity index (χ2n) is 7.23. The molecule has 0 aliphatic carbocycles. The van der Waals surface area contributed by atoms with Crippen LogP contribution in [-0.4, -0.2) is 32.6 Å². The molecule has 4 rings (SSSR count). The second kappa shape index (κ2) is 8.74. The van der Waals surface area contributed by atoms with E-state index in [4.69, 9.17) is 0 Å². The summed E-state index contributed by atoms with van der Waals surface area (Å²) in [6.07, 6.45) is 0. The first kappa shape index (κ1) is 19.6. The van der Waals surface area contributed by atoms with Crippen LogP contribution in [0.5, 0.6) is 0 Å². The highest BCUT2D eigenvalue weighted by molar-refractivity contribution is 5.77. The average Bonchev–Trinajstić information content (AvgIpc) is 3.16. The quantitative estimate of drug-likeness (QED) is 0.482. The third-order valence-electron chi connectivity index (χ3n) is 5.11. The van der Waals surface area contributed by atoms with E-state index in [2.05, 4.69) is 34.3 Å². The fraction of sp³-hybridized carbons (Fsp3) is 0.160. The van der Waals surface area contributed by atoms with Crippen molar-refractivity contribution in [3.05, 3.63) is 108 Å². The summed E-state index contributed by atoms with van der Waals surface area (Å²) < 4.78 is 1.69. The number of amides is 1. The maximum atomic E-state index is 13.3. The molecule has 5 heteroatoms. The molecule has 0 fully saturated rings. The zero-order valence-electron chi connectivity index (χ0n) is 17.1. The second-order valence-corrected chi connectivity index (χ2v) is 7.23. The Hall–Kier alpha value is -3.73. The van der Waals surface area contributed by atoms with Gasteiger partial charge in [-0.3, -0.25) is 4.79 Å². The third-order valence-corrected chi connectivity index (χ3v) is 5.11. The van der Waals surface area contributed by atoms with Crippen molar-refractivity contribution in [2.75, 3.05) is 7.05 Å². The van der Waals surface area contributed by atoms with E-state index < -0.39 is 0 Å². The largest absolute Gasteiger partial charge is 0.333 e. The Morgan fingerprint density at radius 3 is 1.90 bits per heavy atom. The summed E-state index contributed by atoms with van der Waals surface area (Å²) in [7, 11) is 1.85. The lowest BCUT2D eigenvalue weighted by atomic mass is 9.97. The van der Waals surface area contributed by atoms with Crippen molar-refractivity contribution in [3.8, 4) is 11.4 Å². The number of nitrogens with zero attached hydrogens (tertiary/aromatic N) is 4. The molecule has 0 saturated carbocycles. The Kier molecular flexibility index (Phi) is 5.70. The molecule has 0 bridgehead atoms. The van der Waals surface area contributed by atoms with Gasteiger partial charge in [-0.05, 0) is 18.1 Å². The van der Waals surface area contributed by atoms with Crippen molar-refractivity contribution in [2.24, 2.45) is 0 Å². The van der Waals surface area contributed by atoms with E-state index in [-0.39, 0.29) is 18.5 Å². The molecule has 4 aromatic rings. The van der Waals surface area contributed by atoms with Crippen LogP contribution in [0.1, 0.15) is 23.0 Å². The number of aryl methyl sites for hydroxylation is 1. The van der Waals surface area contributed by atoms with E-state index in [1.807, 2.05) is 80.7 Å². The molecule has 150 valence electrons. The molecule has 1 aromatic heterocycles. The Bertz CT molecular complexity index is 1070. The Balaban J connectivity index is 1.64. The van der Waals surface area contributed by atoms with E-state index in [0.717, 1.165) is 16.7 Å². The highest BCUT2D eigenvalue weighted by Gasteiger charge is 2.24. The van der Waals surface area contributed by atoms with Gasteiger partial charge in [0.25, 0.3) is 0 Å². The molecule has 30 heavy (non-hydrogen) atoms. The van der Waals surface area contributed by atoms with Crippen molar-refractivity contribution in [3.63, 3.8) is 0 Å². The third kappa shape index (κ3) is 4.15. The number of benzene rings is 3. The van der Waals surface area contributed by atoms with Crippen LogP contribution < -0.4 is 0 Å². The fourth-order valence-corrected chi connectivity index (χ4v) is 3.66. The van der Waals surface area contributed by atoms with Gasteiger partial charge in [0.05, 0.1) is 6.04 Å². The van der Waals surface area contributed by atoms with Crippen LogP contribution in [0.2, 0.25) is 0 Å². The maximum Gasteiger partial charge on any atom is 0.244 e. The van der Waals surface area contributed by atoms with Gasteiger partial charge in [0.1, 0.15) is 12.4 Å². The van der Waals surface area contributed by atoms with E-state index in [9.17, 15) is 4.79 Å². The van der Waals surface area contributed by atoms with Gasteiger partial charge in [-0.1, -0.05) is 91.0 Å². The zero-order valence-corrected chi connectivity index (χ0v) is 17.1. The molecular weight excluding hydrogens is 372 g/mol. The first-order chi connectivity index (χ1) is 14.6. The maximum absolute atomic E-state index is 13.3. The van der Waals surface area contributed by atoms with Gasteiger partial charge in [-0.2, -0.15) is 5.10 Å². The van der Waals surface area contributed by atoms with Gasteiger partial charge >= 0.3 is 0 Å². The number of likely N-dealkylation sites (N-methyl/N-ethyl adjacent to an activating group) is 1. The Morgan fingerprint density at radius 2 is 1.37 bits per heavy atom. The highest BCUT2D eigenvalue weighted by atomic mass is 16.2. The lowest BCUT2D eigenvalue weighted by Crippen LogP contribution is -2.35. The van der Waals surface area contributed by atoms with Gasteiger partial charge in [0.2, 0.25) is 5.91 Å². The Labute approximate surface area is 176 Å². The predicted octanol–water partition coefficient (Wildman–Crippen LogP) is 4.50. The minimum Gasteiger partial charge on any atom is -0.333 e. The number of rotatable bonds is 6. The monoisotopic (exact) mass is 396 g/mol. The van der Waals surface area contributed by atoms with Crippen LogP contribution in [0, 0.1) is 6.92 Å². The van der Waals surface area contributed by atoms with Crippen molar-refractivity contribution in [1.29, 1.82) is 0 Å². The molecule has 0 aliphatic rings. The number of carbonyl (C=O) groups excluding carboxylic acids is 1. The minimum absolute atomic E-state index is 0.0326. The lowest BCUT2D eigenvalue weighted by Gasteiger charge is -2.29. The molecule has 0 aliphatic heterocycles. The van der Waals surface area contributed by atoms with Crippen molar-refractivity contribution >= 4 is 5.91 Å². The van der Waals surface area contributed by atoms with Crippen LogP contribution in [0.4, 0.5) is 0 Å². The smallest absolute Gasteiger partial charge is 0.244 e. The van der Waals surface area contributed by atoms with Gasteiger partial charge in [-0.15, -0.1) is 0 Å². The van der Waals surface area contributed by atoms with E-state index >= 15 is 0 Å².